The molecule has 166 valence electrons. The molecule has 1 unspecified atom stereocenters. The van der Waals surface area contributed by atoms with Crippen LogP contribution in [0.2, 0.25) is 0 Å². The summed E-state index contributed by atoms with van der Waals surface area (Å²) in [5.74, 6) is 0.773. The lowest BCUT2D eigenvalue weighted by molar-refractivity contribution is -0.145. The first-order valence-corrected chi connectivity index (χ1v) is 12.2. The molecule has 6 nitrogen and oxygen atoms in total. The summed E-state index contributed by atoms with van der Waals surface area (Å²) in [6.45, 7) is 14.3. The number of methoxy groups -OCH3 is 1. The molecule has 1 rings (SSSR count). The number of esters is 1. The number of benzene rings is 1. The van der Waals surface area contributed by atoms with Gasteiger partial charge in [-0.1, -0.05) is 59.7 Å². The van der Waals surface area contributed by atoms with Gasteiger partial charge in [0.25, 0.3) is 0 Å². The SMILES string of the molecule is CCOC(=O)[C@H](CC(C)C)NP(=O)(COC)Oc1c(C(C)C)cccc1C(C)C. The quantitative estimate of drug-likeness (QED) is 0.342. The molecular formula is C22H38NO5P. The van der Waals surface area contributed by atoms with Crippen molar-refractivity contribution in [2.24, 2.45) is 5.92 Å². The molecule has 0 fully saturated rings. The van der Waals surface area contributed by atoms with Gasteiger partial charge >= 0.3 is 13.5 Å². The van der Waals surface area contributed by atoms with Crippen molar-refractivity contribution in [2.45, 2.75) is 72.8 Å². The van der Waals surface area contributed by atoms with E-state index in [0.717, 1.165) is 11.1 Å². The summed E-state index contributed by atoms with van der Waals surface area (Å²) < 4.78 is 30.4. The number of ether oxygens (including phenoxy) is 2. The number of carbonyl (C=O) groups is 1. The fourth-order valence-electron chi connectivity index (χ4n) is 3.15. The Labute approximate surface area is 176 Å². The molecule has 0 amide bonds. The number of nitrogens with one attached hydrogen (secondary N) is 1. The van der Waals surface area contributed by atoms with Crippen LogP contribution in [0.25, 0.3) is 0 Å². The summed E-state index contributed by atoms with van der Waals surface area (Å²) in [4.78, 5) is 12.5. The van der Waals surface area contributed by atoms with E-state index in [0.29, 0.717) is 12.2 Å². The fraction of sp³-hybridized carbons (Fsp3) is 0.682. The Hall–Kier alpha value is -1.36. The second-order valence-electron chi connectivity index (χ2n) is 8.32. The second-order valence-corrected chi connectivity index (χ2v) is 10.4. The van der Waals surface area contributed by atoms with E-state index >= 15 is 0 Å². The van der Waals surface area contributed by atoms with E-state index in [1.54, 1.807) is 6.92 Å². The lowest BCUT2D eigenvalue weighted by Crippen LogP contribution is -2.39. The smallest absolute Gasteiger partial charge is 0.342 e. The summed E-state index contributed by atoms with van der Waals surface area (Å²) in [7, 11) is -2.07. The summed E-state index contributed by atoms with van der Waals surface area (Å²) in [6, 6.07) is 5.23. The van der Waals surface area contributed by atoms with Gasteiger partial charge < -0.3 is 14.0 Å². The molecule has 1 aromatic carbocycles. The normalized spacial score (nSPS) is 14.9. The van der Waals surface area contributed by atoms with Crippen LogP contribution in [-0.4, -0.2) is 32.1 Å². The Bertz CT molecular complexity index is 676. The van der Waals surface area contributed by atoms with E-state index in [-0.39, 0.29) is 30.7 Å². The van der Waals surface area contributed by atoms with E-state index in [1.165, 1.54) is 7.11 Å². The van der Waals surface area contributed by atoms with Crippen LogP contribution in [0.4, 0.5) is 0 Å². The number of para-hydroxylation sites is 1. The standard InChI is InChI=1S/C22H38NO5P/c1-9-27-22(24)20(13-15(2)3)23-29(25,14-26-8)28-21-18(16(4)5)11-10-12-19(21)17(6)7/h10-12,15-17,20H,9,13-14H2,1-8H3,(H,23,25)/t20-,29?/m0/s1. The summed E-state index contributed by atoms with van der Waals surface area (Å²) in [6.07, 6.45) is 0.337. The molecular weight excluding hydrogens is 389 g/mol. The van der Waals surface area contributed by atoms with E-state index < -0.39 is 19.5 Å². The lowest BCUT2D eigenvalue weighted by Gasteiger charge is -2.28. The number of rotatable bonds is 12. The number of hydrogen-bond acceptors (Lipinski definition) is 5. The van der Waals surface area contributed by atoms with Crippen molar-refractivity contribution in [2.75, 3.05) is 20.1 Å². The zero-order chi connectivity index (χ0) is 22.2. The summed E-state index contributed by atoms with van der Waals surface area (Å²) in [5, 5.41) is 2.96. The third-order valence-electron chi connectivity index (χ3n) is 4.49. The lowest BCUT2D eigenvalue weighted by atomic mass is 9.94. The Morgan fingerprint density at radius 1 is 1.07 bits per heavy atom. The molecule has 2 atom stereocenters. The van der Waals surface area contributed by atoms with Crippen molar-refractivity contribution in [1.29, 1.82) is 0 Å². The molecule has 0 aliphatic rings. The predicted molar refractivity (Wildman–Crippen MR) is 118 cm³/mol. The Kier molecular flexibility index (Phi) is 10.4. The molecule has 0 aromatic heterocycles. The van der Waals surface area contributed by atoms with Gasteiger partial charge in [0.1, 0.15) is 18.1 Å². The molecule has 0 saturated carbocycles. The fourth-order valence-corrected chi connectivity index (χ4v) is 4.86. The minimum Gasteiger partial charge on any atom is -0.465 e. The van der Waals surface area contributed by atoms with Gasteiger partial charge in [-0.25, -0.2) is 5.09 Å². The summed E-state index contributed by atoms with van der Waals surface area (Å²) in [5.41, 5.74) is 1.96. The second kappa shape index (κ2) is 11.7. The first-order chi connectivity index (χ1) is 13.5. The Morgan fingerprint density at radius 2 is 1.62 bits per heavy atom. The van der Waals surface area contributed by atoms with Gasteiger partial charge in [0, 0.05) is 7.11 Å². The largest absolute Gasteiger partial charge is 0.465 e. The highest BCUT2D eigenvalue weighted by Gasteiger charge is 2.34. The van der Waals surface area contributed by atoms with E-state index in [1.807, 2.05) is 32.0 Å². The van der Waals surface area contributed by atoms with Gasteiger partial charge in [-0.15, -0.1) is 0 Å². The molecule has 0 saturated heterocycles. The predicted octanol–water partition coefficient (Wildman–Crippen LogP) is 5.68. The first-order valence-electron chi connectivity index (χ1n) is 10.4. The maximum absolute atomic E-state index is 13.8. The van der Waals surface area contributed by atoms with Gasteiger partial charge in [-0.3, -0.25) is 9.36 Å². The highest BCUT2D eigenvalue weighted by Crippen LogP contribution is 2.48. The molecule has 0 heterocycles. The van der Waals surface area contributed by atoms with Crippen LogP contribution in [-0.2, 0) is 18.8 Å². The number of carbonyl (C=O) groups excluding carboxylic acids is 1. The highest BCUT2D eigenvalue weighted by atomic mass is 31.2. The molecule has 0 aliphatic carbocycles. The van der Waals surface area contributed by atoms with Gasteiger partial charge in [-0.05, 0) is 42.2 Å². The van der Waals surface area contributed by atoms with Crippen molar-refractivity contribution in [3.8, 4) is 5.75 Å². The van der Waals surface area contributed by atoms with Gasteiger partial charge in [0.2, 0.25) is 0 Å². The van der Waals surface area contributed by atoms with Crippen molar-refractivity contribution in [3.63, 3.8) is 0 Å². The Morgan fingerprint density at radius 3 is 2.03 bits per heavy atom. The van der Waals surface area contributed by atoms with Crippen LogP contribution in [0.1, 0.15) is 77.8 Å². The molecule has 1 aromatic rings. The minimum absolute atomic E-state index is 0.148. The zero-order valence-corrected chi connectivity index (χ0v) is 20.0. The average Bonchev–Trinajstić information content (AvgIpc) is 2.60. The summed E-state index contributed by atoms with van der Waals surface area (Å²) >= 11 is 0. The van der Waals surface area contributed by atoms with E-state index in [4.69, 9.17) is 14.0 Å². The first kappa shape index (κ1) is 25.7. The van der Waals surface area contributed by atoms with Crippen LogP contribution < -0.4 is 9.61 Å². The molecule has 29 heavy (non-hydrogen) atoms. The van der Waals surface area contributed by atoms with Gasteiger partial charge in [-0.2, -0.15) is 0 Å². The Balaban J connectivity index is 3.34. The van der Waals surface area contributed by atoms with Crippen LogP contribution in [0.5, 0.6) is 5.75 Å². The molecule has 0 bridgehead atoms. The minimum atomic E-state index is -3.54. The van der Waals surface area contributed by atoms with Gasteiger partial charge in [0.05, 0.1) is 6.61 Å². The van der Waals surface area contributed by atoms with Crippen LogP contribution >= 0.6 is 7.52 Å². The molecule has 0 radical (unpaired) electrons. The van der Waals surface area contributed by atoms with Gasteiger partial charge in [0.15, 0.2) is 0 Å². The third kappa shape index (κ3) is 7.76. The van der Waals surface area contributed by atoms with E-state index in [2.05, 4.69) is 32.8 Å². The maximum Gasteiger partial charge on any atom is 0.342 e. The highest BCUT2D eigenvalue weighted by molar-refractivity contribution is 7.57. The van der Waals surface area contributed by atoms with Crippen molar-refractivity contribution in [3.05, 3.63) is 29.3 Å². The van der Waals surface area contributed by atoms with Crippen LogP contribution in [0.15, 0.2) is 18.2 Å². The third-order valence-corrected chi connectivity index (χ3v) is 6.27. The topological polar surface area (TPSA) is 73.9 Å². The zero-order valence-electron chi connectivity index (χ0n) is 19.2. The van der Waals surface area contributed by atoms with Crippen LogP contribution in [0.3, 0.4) is 0 Å². The molecule has 1 N–H and O–H groups in total. The maximum atomic E-state index is 13.8. The van der Waals surface area contributed by atoms with Crippen LogP contribution in [0, 0.1) is 5.92 Å². The van der Waals surface area contributed by atoms with Crippen molar-refractivity contribution >= 4 is 13.5 Å². The van der Waals surface area contributed by atoms with E-state index in [9.17, 15) is 9.36 Å². The molecule has 0 aliphatic heterocycles. The average molecular weight is 428 g/mol. The molecule has 7 heteroatoms. The molecule has 0 spiro atoms. The van der Waals surface area contributed by atoms with Crippen molar-refractivity contribution in [1.82, 2.24) is 5.09 Å². The monoisotopic (exact) mass is 427 g/mol. The van der Waals surface area contributed by atoms with Crippen molar-refractivity contribution < 1.29 is 23.4 Å². The number of hydrogen-bond donors (Lipinski definition) is 1.